The Kier molecular flexibility index (Phi) is 5.52. The molecule has 3 rings (SSSR count). The van der Waals surface area contributed by atoms with Crippen molar-refractivity contribution in [2.24, 2.45) is 0 Å². The second kappa shape index (κ2) is 8.01. The largest absolute Gasteiger partial charge is 0.322 e. The van der Waals surface area contributed by atoms with Crippen molar-refractivity contribution in [2.75, 3.05) is 10.6 Å². The second-order valence-electron chi connectivity index (χ2n) is 6.17. The minimum absolute atomic E-state index is 0.158. The van der Waals surface area contributed by atoms with Crippen LogP contribution in [0.1, 0.15) is 32.0 Å². The molecule has 0 radical (unpaired) electrons. The van der Waals surface area contributed by atoms with Gasteiger partial charge in [-0.05, 0) is 55.8 Å². The molecule has 0 saturated heterocycles. The number of carbonyl (C=O) groups is 2. The zero-order valence-electron chi connectivity index (χ0n) is 14.9. The summed E-state index contributed by atoms with van der Waals surface area (Å²) in [6, 6.07) is 15.7. The van der Waals surface area contributed by atoms with Crippen molar-refractivity contribution >= 4 is 34.8 Å². The van der Waals surface area contributed by atoms with Crippen LogP contribution >= 0.6 is 11.6 Å². The standard InChI is InChI=1S/C21H18ClN3O2/c1-13-3-6-16(7-4-13)24-21(27)19-11-15(9-10-23-19)20(26)25-17-8-5-14(2)18(22)12-17/h3-12H,1-2H3,(H,24,27)(H,25,26). The Morgan fingerprint density at radius 1 is 0.852 bits per heavy atom. The van der Waals surface area contributed by atoms with E-state index in [1.807, 2.05) is 44.2 Å². The van der Waals surface area contributed by atoms with Gasteiger partial charge < -0.3 is 10.6 Å². The van der Waals surface area contributed by atoms with Crippen LogP contribution in [0.4, 0.5) is 11.4 Å². The van der Waals surface area contributed by atoms with Crippen molar-refractivity contribution in [3.05, 3.63) is 88.2 Å². The summed E-state index contributed by atoms with van der Waals surface area (Å²) in [7, 11) is 0. The van der Waals surface area contributed by atoms with Crippen LogP contribution in [0.25, 0.3) is 0 Å². The van der Waals surface area contributed by atoms with Gasteiger partial charge in [0.25, 0.3) is 11.8 Å². The lowest BCUT2D eigenvalue weighted by molar-refractivity contribution is 0.102. The summed E-state index contributed by atoms with van der Waals surface area (Å²) < 4.78 is 0. The predicted molar refractivity (Wildman–Crippen MR) is 108 cm³/mol. The van der Waals surface area contributed by atoms with Gasteiger partial charge in [0, 0.05) is 28.2 Å². The summed E-state index contributed by atoms with van der Waals surface area (Å²) in [6.07, 6.45) is 1.43. The average molecular weight is 380 g/mol. The van der Waals surface area contributed by atoms with Crippen molar-refractivity contribution in [1.82, 2.24) is 4.98 Å². The number of benzene rings is 2. The molecule has 0 unspecified atom stereocenters. The van der Waals surface area contributed by atoms with Gasteiger partial charge in [-0.25, -0.2) is 0 Å². The maximum atomic E-state index is 12.5. The molecule has 6 heteroatoms. The molecular weight excluding hydrogens is 362 g/mol. The fraction of sp³-hybridized carbons (Fsp3) is 0.0952. The number of aryl methyl sites for hydroxylation is 2. The van der Waals surface area contributed by atoms with Crippen molar-refractivity contribution in [3.8, 4) is 0 Å². The number of pyridine rings is 1. The van der Waals surface area contributed by atoms with E-state index in [1.54, 1.807) is 18.2 Å². The first-order valence-electron chi connectivity index (χ1n) is 8.34. The number of hydrogen-bond donors (Lipinski definition) is 2. The monoisotopic (exact) mass is 379 g/mol. The van der Waals surface area contributed by atoms with Crippen LogP contribution < -0.4 is 10.6 Å². The Morgan fingerprint density at radius 2 is 1.52 bits per heavy atom. The molecule has 0 aliphatic carbocycles. The van der Waals surface area contributed by atoms with E-state index in [-0.39, 0.29) is 17.5 Å². The van der Waals surface area contributed by atoms with Crippen LogP contribution in [0.3, 0.4) is 0 Å². The summed E-state index contributed by atoms with van der Waals surface area (Å²) in [5.41, 5.74) is 3.75. The van der Waals surface area contributed by atoms with Crippen LogP contribution in [-0.4, -0.2) is 16.8 Å². The Hall–Kier alpha value is -3.18. The van der Waals surface area contributed by atoms with Crippen LogP contribution in [-0.2, 0) is 0 Å². The molecule has 2 N–H and O–H groups in total. The van der Waals surface area contributed by atoms with Crippen molar-refractivity contribution in [1.29, 1.82) is 0 Å². The molecule has 3 aromatic rings. The van der Waals surface area contributed by atoms with Gasteiger partial charge in [-0.1, -0.05) is 35.4 Å². The Morgan fingerprint density at radius 3 is 2.22 bits per heavy atom. The average Bonchev–Trinajstić information content (AvgIpc) is 2.66. The number of amides is 2. The molecular formula is C21H18ClN3O2. The molecule has 136 valence electrons. The molecule has 1 aromatic heterocycles. The first kappa shape index (κ1) is 18.6. The summed E-state index contributed by atoms with van der Waals surface area (Å²) in [6.45, 7) is 3.85. The Bertz CT molecular complexity index is 1000. The fourth-order valence-electron chi connectivity index (χ4n) is 2.40. The highest BCUT2D eigenvalue weighted by atomic mass is 35.5. The Labute approximate surface area is 162 Å². The van der Waals surface area contributed by atoms with Gasteiger partial charge in [0.2, 0.25) is 0 Å². The van der Waals surface area contributed by atoms with Crippen molar-refractivity contribution in [3.63, 3.8) is 0 Å². The van der Waals surface area contributed by atoms with E-state index in [1.165, 1.54) is 12.3 Å². The molecule has 0 bridgehead atoms. The normalized spacial score (nSPS) is 10.3. The highest BCUT2D eigenvalue weighted by Gasteiger charge is 2.13. The maximum absolute atomic E-state index is 12.5. The second-order valence-corrected chi connectivity index (χ2v) is 6.58. The molecule has 0 aliphatic heterocycles. The van der Waals surface area contributed by atoms with Gasteiger partial charge in [-0.2, -0.15) is 0 Å². The van der Waals surface area contributed by atoms with E-state index in [0.717, 1.165) is 11.1 Å². The highest BCUT2D eigenvalue weighted by molar-refractivity contribution is 6.31. The molecule has 27 heavy (non-hydrogen) atoms. The number of nitrogens with one attached hydrogen (secondary N) is 2. The van der Waals surface area contributed by atoms with Gasteiger partial charge in [-0.3, -0.25) is 14.6 Å². The molecule has 5 nitrogen and oxygen atoms in total. The summed E-state index contributed by atoms with van der Waals surface area (Å²) in [5.74, 6) is -0.728. The van der Waals surface area contributed by atoms with Crippen molar-refractivity contribution in [2.45, 2.75) is 13.8 Å². The van der Waals surface area contributed by atoms with Gasteiger partial charge in [0.1, 0.15) is 5.69 Å². The lowest BCUT2D eigenvalue weighted by atomic mass is 10.2. The number of anilines is 2. The topological polar surface area (TPSA) is 71.1 Å². The van der Waals surface area contributed by atoms with Gasteiger partial charge in [0.15, 0.2) is 0 Å². The highest BCUT2D eigenvalue weighted by Crippen LogP contribution is 2.20. The molecule has 1 heterocycles. The third-order valence-corrected chi connectivity index (χ3v) is 4.40. The number of nitrogens with zero attached hydrogens (tertiary/aromatic N) is 1. The molecule has 0 saturated carbocycles. The van der Waals surface area contributed by atoms with Crippen LogP contribution in [0, 0.1) is 13.8 Å². The van der Waals surface area contributed by atoms with E-state index in [2.05, 4.69) is 15.6 Å². The van der Waals surface area contributed by atoms with E-state index in [4.69, 9.17) is 11.6 Å². The smallest absolute Gasteiger partial charge is 0.274 e. The van der Waals surface area contributed by atoms with Crippen LogP contribution in [0.2, 0.25) is 5.02 Å². The first-order valence-corrected chi connectivity index (χ1v) is 8.72. The molecule has 0 spiro atoms. The molecule has 2 amide bonds. The zero-order valence-corrected chi connectivity index (χ0v) is 15.7. The number of aromatic nitrogens is 1. The summed E-state index contributed by atoms with van der Waals surface area (Å²) in [5, 5.41) is 6.10. The number of carbonyl (C=O) groups excluding carboxylic acids is 2. The van der Waals surface area contributed by atoms with E-state index < -0.39 is 0 Å². The molecule has 0 atom stereocenters. The van der Waals surface area contributed by atoms with E-state index >= 15 is 0 Å². The third kappa shape index (κ3) is 4.71. The van der Waals surface area contributed by atoms with Crippen molar-refractivity contribution < 1.29 is 9.59 Å². The summed E-state index contributed by atoms with van der Waals surface area (Å²) >= 11 is 6.08. The first-order chi connectivity index (χ1) is 12.9. The minimum atomic E-state index is -0.383. The summed E-state index contributed by atoms with van der Waals surface area (Å²) in [4.78, 5) is 28.9. The lowest BCUT2D eigenvalue weighted by Gasteiger charge is -2.08. The molecule has 0 aliphatic rings. The van der Waals surface area contributed by atoms with Crippen LogP contribution in [0.5, 0.6) is 0 Å². The van der Waals surface area contributed by atoms with Gasteiger partial charge >= 0.3 is 0 Å². The molecule has 0 fully saturated rings. The van der Waals surface area contributed by atoms with Crippen LogP contribution in [0.15, 0.2) is 60.8 Å². The predicted octanol–water partition coefficient (Wildman–Crippen LogP) is 4.86. The quantitative estimate of drug-likeness (QED) is 0.680. The number of rotatable bonds is 4. The lowest BCUT2D eigenvalue weighted by Crippen LogP contribution is -2.17. The molecule has 2 aromatic carbocycles. The maximum Gasteiger partial charge on any atom is 0.274 e. The third-order valence-electron chi connectivity index (χ3n) is 3.99. The van der Waals surface area contributed by atoms with E-state index in [9.17, 15) is 9.59 Å². The van der Waals surface area contributed by atoms with Gasteiger partial charge in [0.05, 0.1) is 0 Å². The minimum Gasteiger partial charge on any atom is -0.322 e. The number of halogens is 1. The van der Waals surface area contributed by atoms with E-state index in [0.29, 0.717) is 22.0 Å². The fourth-order valence-corrected chi connectivity index (χ4v) is 2.58. The zero-order chi connectivity index (χ0) is 19.4. The number of hydrogen-bond acceptors (Lipinski definition) is 3. The SMILES string of the molecule is Cc1ccc(NC(=O)c2cc(C(=O)Nc3ccc(C)c(Cl)c3)ccn2)cc1. The Balaban J connectivity index is 1.73. The van der Waals surface area contributed by atoms with Gasteiger partial charge in [-0.15, -0.1) is 0 Å².